The molecule has 5 atom stereocenters. The highest BCUT2D eigenvalue weighted by molar-refractivity contribution is 5.77. The average Bonchev–Trinajstić information content (AvgIpc) is 3.14. The van der Waals surface area contributed by atoms with E-state index in [1.54, 1.807) is 13.8 Å². The topological polar surface area (TPSA) is 179 Å². The number of fused-ring (bicyclic) bond motifs is 1. The van der Waals surface area contributed by atoms with Gasteiger partial charge in [0.25, 0.3) is 11.4 Å². The number of halogens is 2. The Morgan fingerprint density at radius 3 is 2.74 bits per heavy atom. The van der Waals surface area contributed by atoms with Gasteiger partial charge >= 0.3 is 5.97 Å². The van der Waals surface area contributed by atoms with Crippen molar-refractivity contribution in [1.82, 2.24) is 14.5 Å². The number of H-pyrrole nitrogens is 1. The largest absolute Gasteiger partial charge is 0.458 e. The van der Waals surface area contributed by atoms with Crippen LogP contribution in [-0.2, 0) is 20.0 Å². The Balaban J connectivity index is 2.04. The van der Waals surface area contributed by atoms with E-state index in [-0.39, 0.29) is 5.92 Å². The number of aliphatic hydroxyl groups excluding tert-OH is 2. The van der Waals surface area contributed by atoms with E-state index in [2.05, 4.69) is 9.97 Å². The molecular weight excluding hydrogens is 420 g/mol. The smallest absolute Gasteiger partial charge is 0.323 e. The number of alkyl halides is 1. The first-order valence-electron chi connectivity index (χ1n) is 9.10. The molecule has 2 aromatic heterocycles. The van der Waals surface area contributed by atoms with Crippen LogP contribution in [-0.4, -0.2) is 61.4 Å². The van der Waals surface area contributed by atoms with Crippen LogP contribution in [0.15, 0.2) is 11.0 Å². The fourth-order valence-electron chi connectivity index (χ4n) is 3.22. The molecule has 7 N–H and O–H groups in total. The van der Waals surface area contributed by atoms with Crippen molar-refractivity contribution in [2.75, 3.05) is 12.3 Å². The second-order valence-electron chi connectivity index (χ2n) is 7.49. The van der Waals surface area contributed by atoms with Gasteiger partial charge in [0.2, 0.25) is 11.7 Å². The molecule has 1 fully saturated rings. The number of hydrogen-bond acceptors (Lipinski definition) is 9. The molecule has 11 nitrogen and oxygen atoms in total. The molecular formula is C18H21F2N5O6. The molecule has 3 rings (SSSR count). The molecule has 1 saturated heterocycles. The summed E-state index contributed by atoms with van der Waals surface area (Å²) in [7, 11) is 0. The summed E-state index contributed by atoms with van der Waals surface area (Å²) in [4.78, 5) is 29.8. The molecule has 1 aliphatic heterocycles. The van der Waals surface area contributed by atoms with Crippen LogP contribution in [0.2, 0.25) is 0 Å². The second kappa shape index (κ2) is 7.57. The van der Waals surface area contributed by atoms with Crippen molar-refractivity contribution in [3.8, 4) is 12.3 Å². The van der Waals surface area contributed by atoms with Crippen LogP contribution in [0.1, 0.15) is 13.8 Å². The van der Waals surface area contributed by atoms with Gasteiger partial charge in [0.05, 0.1) is 0 Å². The number of aliphatic hydroxyl groups is 2. The Morgan fingerprint density at radius 1 is 1.52 bits per heavy atom. The van der Waals surface area contributed by atoms with Gasteiger partial charge in [-0.1, -0.05) is 13.8 Å². The molecule has 168 valence electrons. The van der Waals surface area contributed by atoms with Crippen LogP contribution >= 0.6 is 0 Å². The van der Waals surface area contributed by atoms with Crippen molar-refractivity contribution in [2.24, 2.45) is 11.7 Å². The number of hydrogen-bond donors (Lipinski definition) is 5. The fraction of sp³-hybridized carbons (Fsp3) is 0.500. The van der Waals surface area contributed by atoms with Crippen molar-refractivity contribution in [3.05, 3.63) is 22.4 Å². The van der Waals surface area contributed by atoms with Crippen LogP contribution in [0.4, 0.5) is 14.7 Å². The summed E-state index contributed by atoms with van der Waals surface area (Å²) < 4.78 is 40.5. The normalized spacial score (nSPS) is 29.3. The van der Waals surface area contributed by atoms with E-state index in [4.69, 9.17) is 27.4 Å². The number of nitrogens with zero attached hydrogens (tertiary/aromatic N) is 2. The van der Waals surface area contributed by atoms with Crippen LogP contribution in [0.25, 0.3) is 11.0 Å². The minimum Gasteiger partial charge on any atom is -0.458 e. The summed E-state index contributed by atoms with van der Waals surface area (Å²) in [5, 5.41) is 20.3. The fourth-order valence-corrected chi connectivity index (χ4v) is 3.22. The lowest BCUT2D eigenvalue weighted by molar-refractivity contribution is -0.232. The molecule has 13 heteroatoms. The van der Waals surface area contributed by atoms with Crippen LogP contribution in [0, 0.1) is 24.1 Å². The predicted octanol–water partition coefficient (Wildman–Crippen LogP) is -1.32. The van der Waals surface area contributed by atoms with Crippen molar-refractivity contribution in [2.45, 2.75) is 43.7 Å². The maximum Gasteiger partial charge on any atom is 0.323 e. The first kappa shape index (κ1) is 22.6. The molecule has 31 heavy (non-hydrogen) atoms. The van der Waals surface area contributed by atoms with E-state index in [0.29, 0.717) is 10.8 Å². The summed E-state index contributed by atoms with van der Waals surface area (Å²) in [5.41, 5.74) is 7.14. The summed E-state index contributed by atoms with van der Waals surface area (Å²) in [6, 6.07) is -1.08. The van der Waals surface area contributed by atoms with Gasteiger partial charge in [0.15, 0.2) is 18.1 Å². The molecule has 3 heterocycles. The molecule has 2 aromatic rings. The number of nitrogens with one attached hydrogen (secondary N) is 1. The molecule has 0 aliphatic carbocycles. The number of terminal acetylenes is 1. The summed E-state index contributed by atoms with van der Waals surface area (Å²) in [6.45, 7) is 2.10. The predicted molar refractivity (Wildman–Crippen MR) is 102 cm³/mol. The quantitative estimate of drug-likeness (QED) is 0.278. The lowest BCUT2D eigenvalue weighted by Crippen LogP contribution is -2.46. The van der Waals surface area contributed by atoms with Crippen molar-refractivity contribution in [1.29, 1.82) is 0 Å². The Morgan fingerprint density at radius 2 is 2.16 bits per heavy atom. The van der Waals surface area contributed by atoms with E-state index in [1.165, 1.54) is 0 Å². The van der Waals surface area contributed by atoms with Crippen molar-refractivity contribution in [3.63, 3.8) is 0 Å². The van der Waals surface area contributed by atoms with Gasteiger partial charge < -0.3 is 26.4 Å². The van der Waals surface area contributed by atoms with Crippen LogP contribution in [0.5, 0.6) is 0 Å². The molecule has 0 amide bonds. The number of anilines is 1. The molecule has 0 unspecified atom stereocenters. The third-order valence-electron chi connectivity index (χ3n) is 5.06. The SMILES string of the molecule is C#C[C@@]1(n2cc(F)c3c(=O)[nH]c(N)nc32)O[C@](F)(COC(=O)[C@@H](N)C(C)C)[C@@H](O)[C@H]1O. The van der Waals surface area contributed by atoms with Gasteiger partial charge in [-0.05, 0) is 11.8 Å². The van der Waals surface area contributed by atoms with Crippen molar-refractivity contribution < 1.29 is 33.3 Å². The number of esters is 1. The number of nitrogen functional groups attached to an aromatic ring is 1. The van der Waals surface area contributed by atoms with Gasteiger partial charge in [-0.2, -0.15) is 4.98 Å². The molecule has 0 bridgehead atoms. The zero-order chi connectivity index (χ0) is 23.3. The standard InChI is InChI=1S/C18H21F2N5O6/c1-4-18(25-5-8(19)9-13(25)23-16(22)24-14(9)28)12(27)11(26)17(20,31-18)6-30-15(29)10(21)7(2)3/h1,5,7,10-12,26-27H,6,21H2,2-3H3,(H3,22,23,24,28)/t10-,11-,12+,17+,18+/m0/s1. The van der Waals surface area contributed by atoms with E-state index in [0.717, 1.165) is 0 Å². The zero-order valence-electron chi connectivity index (χ0n) is 16.5. The first-order chi connectivity index (χ1) is 14.4. The van der Waals surface area contributed by atoms with E-state index < -0.39 is 70.8 Å². The lowest BCUT2D eigenvalue weighted by Gasteiger charge is -2.29. The Kier molecular flexibility index (Phi) is 5.53. The number of rotatable bonds is 5. The van der Waals surface area contributed by atoms with Gasteiger partial charge in [0.1, 0.15) is 23.6 Å². The van der Waals surface area contributed by atoms with Gasteiger partial charge in [-0.15, -0.1) is 6.42 Å². The zero-order valence-corrected chi connectivity index (χ0v) is 16.5. The summed E-state index contributed by atoms with van der Waals surface area (Å²) >= 11 is 0. The Labute approximate surface area is 173 Å². The summed E-state index contributed by atoms with van der Waals surface area (Å²) in [6.07, 6.45) is 1.60. The second-order valence-corrected chi connectivity index (χ2v) is 7.49. The van der Waals surface area contributed by atoms with Gasteiger partial charge in [-0.25, -0.2) is 8.78 Å². The number of aromatic nitrogens is 3. The van der Waals surface area contributed by atoms with Crippen LogP contribution < -0.4 is 17.0 Å². The minimum atomic E-state index is -3.20. The maximum absolute atomic E-state index is 15.4. The number of nitrogens with two attached hydrogens (primary N) is 2. The number of aromatic amines is 1. The Hall–Kier alpha value is -3.05. The molecule has 0 radical (unpaired) electrons. The van der Waals surface area contributed by atoms with Gasteiger partial charge in [-0.3, -0.25) is 23.9 Å². The van der Waals surface area contributed by atoms with E-state index in [1.807, 2.05) is 5.92 Å². The highest BCUT2D eigenvalue weighted by atomic mass is 19.2. The van der Waals surface area contributed by atoms with E-state index >= 15 is 4.39 Å². The maximum atomic E-state index is 15.4. The summed E-state index contributed by atoms with van der Waals surface area (Å²) in [5.74, 6) is -4.06. The Bertz CT molecular complexity index is 1130. The third-order valence-corrected chi connectivity index (χ3v) is 5.06. The monoisotopic (exact) mass is 441 g/mol. The number of ether oxygens (including phenoxy) is 2. The molecule has 0 aromatic carbocycles. The first-order valence-corrected chi connectivity index (χ1v) is 9.10. The molecule has 1 aliphatic rings. The van der Waals surface area contributed by atoms with Crippen LogP contribution in [0.3, 0.4) is 0 Å². The average molecular weight is 441 g/mol. The lowest BCUT2D eigenvalue weighted by atomic mass is 10.0. The molecule has 0 saturated carbocycles. The van der Waals surface area contributed by atoms with Gasteiger partial charge in [0, 0.05) is 6.20 Å². The number of carbonyl (C=O) groups excluding carboxylic acids is 1. The number of carbonyl (C=O) groups is 1. The molecule has 0 spiro atoms. The van der Waals surface area contributed by atoms with Crippen molar-refractivity contribution >= 4 is 23.0 Å². The minimum absolute atomic E-state index is 0.322. The third kappa shape index (κ3) is 3.43. The highest BCUT2D eigenvalue weighted by Gasteiger charge is 2.65. The highest BCUT2D eigenvalue weighted by Crippen LogP contribution is 2.44. The van der Waals surface area contributed by atoms with E-state index in [9.17, 15) is 24.2 Å².